The SMILES string of the molecule is O=C(CBr)c1ccc([N+](=O)[O-])c(Br)c1O. The maximum Gasteiger partial charge on any atom is 0.287 e. The van der Waals surface area contributed by atoms with Crippen LogP contribution in [-0.4, -0.2) is 21.1 Å². The number of carbonyl (C=O) groups is 1. The molecule has 1 aromatic rings. The lowest BCUT2D eigenvalue weighted by Crippen LogP contribution is -2.01. The zero-order valence-electron chi connectivity index (χ0n) is 7.24. The molecule has 0 saturated heterocycles. The Morgan fingerprint density at radius 1 is 1.53 bits per heavy atom. The van der Waals surface area contributed by atoms with Crippen molar-refractivity contribution in [3.8, 4) is 5.75 Å². The summed E-state index contributed by atoms with van der Waals surface area (Å²) in [4.78, 5) is 21.1. The molecule has 0 radical (unpaired) electrons. The fraction of sp³-hybridized carbons (Fsp3) is 0.125. The van der Waals surface area contributed by atoms with Crippen molar-refractivity contribution in [3.63, 3.8) is 0 Å². The van der Waals surface area contributed by atoms with E-state index in [2.05, 4.69) is 31.9 Å². The van der Waals surface area contributed by atoms with Crippen LogP contribution in [-0.2, 0) is 0 Å². The van der Waals surface area contributed by atoms with E-state index in [1.165, 1.54) is 12.1 Å². The first-order chi connectivity index (χ1) is 6.99. The van der Waals surface area contributed by atoms with Gasteiger partial charge in [0.15, 0.2) is 5.78 Å². The number of aromatic hydroxyl groups is 1. The van der Waals surface area contributed by atoms with Crippen LogP contribution in [0.3, 0.4) is 0 Å². The number of nitro groups is 1. The lowest BCUT2D eigenvalue weighted by atomic mass is 10.1. The Hall–Kier alpha value is -0.950. The molecule has 7 heteroatoms. The van der Waals surface area contributed by atoms with Crippen LogP contribution in [0.15, 0.2) is 16.6 Å². The molecule has 0 spiro atoms. The molecular weight excluding hydrogens is 334 g/mol. The molecule has 0 aliphatic carbocycles. The summed E-state index contributed by atoms with van der Waals surface area (Å²) in [6.45, 7) is 0. The van der Waals surface area contributed by atoms with Crippen LogP contribution in [0.2, 0.25) is 0 Å². The average Bonchev–Trinajstić information content (AvgIpc) is 2.20. The Kier molecular flexibility index (Phi) is 3.81. The van der Waals surface area contributed by atoms with Gasteiger partial charge in [0, 0.05) is 6.07 Å². The first-order valence-corrected chi connectivity index (χ1v) is 5.65. The van der Waals surface area contributed by atoms with Crippen molar-refractivity contribution in [3.05, 3.63) is 32.3 Å². The topological polar surface area (TPSA) is 80.4 Å². The summed E-state index contributed by atoms with van der Waals surface area (Å²) in [5.41, 5.74) is -0.233. The first-order valence-electron chi connectivity index (χ1n) is 3.74. The van der Waals surface area contributed by atoms with Gasteiger partial charge in [-0.25, -0.2) is 0 Å². The highest BCUT2D eigenvalue weighted by atomic mass is 79.9. The number of phenolic OH excluding ortho intramolecular Hbond substituents is 1. The molecular formula is C8H5Br2NO4. The highest BCUT2D eigenvalue weighted by Crippen LogP contribution is 2.36. The second-order valence-electron chi connectivity index (χ2n) is 2.61. The van der Waals surface area contributed by atoms with E-state index in [-0.39, 0.29) is 26.8 Å². The van der Waals surface area contributed by atoms with E-state index in [9.17, 15) is 20.0 Å². The van der Waals surface area contributed by atoms with E-state index < -0.39 is 10.7 Å². The fourth-order valence-corrected chi connectivity index (χ4v) is 1.78. The molecule has 80 valence electrons. The van der Waals surface area contributed by atoms with Crippen molar-refractivity contribution >= 4 is 43.3 Å². The molecule has 1 aromatic carbocycles. The molecule has 0 aromatic heterocycles. The first kappa shape index (κ1) is 12.1. The molecule has 0 bridgehead atoms. The second kappa shape index (κ2) is 4.71. The molecule has 0 aliphatic rings. The normalized spacial score (nSPS) is 10.0. The molecule has 0 amide bonds. The summed E-state index contributed by atoms with van der Waals surface area (Å²) in [5.74, 6) is -0.753. The lowest BCUT2D eigenvalue weighted by molar-refractivity contribution is -0.385. The number of phenols is 1. The summed E-state index contributed by atoms with van der Waals surface area (Å²) in [7, 11) is 0. The third-order valence-electron chi connectivity index (χ3n) is 1.71. The maximum absolute atomic E-state index is 11.3. The van der Waals surface area contributed by atoms with Crippen LogP contribution in [0.4, 0.5) is 5.69 Å². The minimum absolute atomic E-state index is 0.0457. The largest absolute Gasteiger partial charge is 0.506 e. The highest BCUT2D eigenvalue weighted by molar-refractivity contribution is 9.10. The van der Waals surface area contributed by atoms with Gasteiger partial charge in [-0.3, -0.25) is 14.9 Å². The van der Waals surface area contributed by atoms with Crippen molar-refractivity contribution in [2.75, 3.05) is 5.33 Å². The fourth-order valence-electron chi connectivity index (χ4n) is 0.992. The van der Waals surface area contributed by atoms with Gasteiger partial charge in [-0.15, -0.1) is 0 Å². The number of alkyl halides is 1. The zero-order chi connectivity index (χ0) is 11.6. The van der Waals surface area contributed by atoms with E-state index in [0.29, 0.717) is 0 Å². The van der Waals surface area contributed by atoms with Gasteiger partial charge >= 0.3 is 0 Å². The van der Waals surface area contributed by atoms with Crippen molar-refractivity contribution in [1.82, 2.24) is 0 Å². The summed E-state index contributed by atoms with van der Waals surface area (Å²) in [6, 6.07) is 2.39. The van der Waals surface area contributed by atoms with E-state index >= 15 is 0 Å². The summed E-state index contributed by atoms with van der Waals surface area (Å²) in [6.07, 6.45) is 0. The number of rotatable bonds is 3. The standard InChI is InChI=1S/C8H5Br2NO4/c9-3-6(12)4-1-2-5(11(14)15)7(10)8(4)13/h1-2,13H,3H2. The van der Waals surface area contributed by atoms with E-state index in [1.807, 2.05) is 0 Å². The molecule has 0 atom stereocenters. The predicted molar refractivity (Wildman–Crippen MR) is 60.6 cm³/mol. The lowest BCUT2D eigenvalue weighted by Gasteiger charge is -2.03. The third-order valence-corrected chi connectivity index (χ3v) is 3.01. The Labute approximate surface area is 102 Å². The molecule has 15 heavy (non-hydrogen) atoms. The van der Waals surface area contributed by atoms with E-state index in [1.54, 1.807) is 0 Å². The van der Waals surface area contributed by atoms with Crippen LogP contribution in [0.5, 0.6) is 5.75 Å². The second-order valence-corrected chi connectivity index (χ2v) is 3.96. The highest BCUT2D eigenvalue weighted by Gasteiger charge is 2.21. The average molecular weight is 339 g/mol. The van der Waals surface area contributed by atoms with Gasteiger partial charge in [0.2, 0.25) is 0 Å². The van der Waals surface area contributed by atoms with Crippen LogP contribution in [0.1, 0.15) is 10.4 Å². The van der Waals surface area contributed by atoms with Crippen LogP contribution in [0, 0.1) is 10.1 Å². The minimum atomic E-state index is -0.647. The van der Waals surface area contributed by atoms with Crippen molar-refractivity contribution in [1.29, 1.82) is 0 Å². The number of hydrogen-bond acceptors (Lipinski definition) is 4. The van der Waals surface area contributed by atoms with Gasteiger partial charge < -0.3 is 5.11 Å². The quantitative estimate of drug-likeness (QED) is 0.397. The van der Waals surface area contributed by atoms with Gasteiger partial charge in [-0.05, 0) is 22.0 Å². The molecule has 0 aliphatic heterocycles. The molecule has 0 heterocycles. The Morgan fingerprint density at radius 3 is 2.60 bits per heavy atom. The van der Waals surface area contributed by atoms with Crippen LogP contribution in [0.25, 0.3) is 0 Å². The number of benzene rings is 1. The Bertz CT molecular complexity index is 433. The summed E-state index contributed by atoms with van der Waals surface area (Å²) >= 11 is 5.82. The number of hydrogen-bond donors (Lipinski definition) is 1. The number of nitrogens with zero attached hydrogens (tertiary/aromatic N) is 1. The molecule has 0 fully saturated rings. The van der Waals surface area contributed by atoms with Gasteiger partial charge in [0.25, 0.3) is 5.69 Å². The van der Waals surface area contributed by atoms with Gasteiger partial charge in [0.05, 0.1) is 15.8 Å². The number of Topliss-reactive ketones (excluding diaryl/α,β-unsaturated/α-hetero) is 1. The van der Waals surface area contributed by atoms with E-state index in [4.69, 9.17) is 0 Å². The van der Waals surface area contributed by atoms with Gasteiger partial charge in [0.1, 0.15) is 10.2 Å². The maximum atomic E-state index is 11.3. The van der Waals surface area contributed by atoms with Gasteiger partial charge in [-0.2, -0.15) is 0 Å². The molecule has 5 nitrogen and oxygen atoms in total. The predicted octanol–water partition coefficient (Wildman–Crippen LogP) is 2.64. The van der Waals surface area contributed by atoms with Crippen LogP contribution >= 0.6 is 31.9 Å². The summed E-state index contributed by atoms with van der Waals surface area (Å²) in [5, 5.41) is 20.1. The Balaban J connectivity index is 3.33. The van der Waals surface area contributed by atoms with E-state index in [0.717, 1.165) is 0 Å². The minimum Gasteiger partial charge on any atom is -0.506 e. The molecule has 1 N–H and O–H groups in total. The van der Waals surface area contributed by atoms with Crippen LogP contribution < -0.4 is 0 Å². The molecule has 0 unspecified atom stereocenters. The smallest absolute Gasteiger partial charge is 0.287 e. The number of ketones is 1. The number of carbonyl (C=O) groups excluding carboxylic acids is 1. The monoisotopic (exact) mass is 337 g/mol. The zero-order valence-corrected chi connectivity index (χ0v) is 10.4. The number of halogens is 2. The van der Waals surface area contributed by atoms with Crippen molar-refractivity contribution < 1.29 is 14.8 Å². The summed E-state index contributed by atoms with van der Waals surface area (Å²) < 4.78 is -0.0840. The third kappa shape index (κ3) is 2.35. The van der Waals surface area contributed by atoms with Crippen molar-refractivity contribution in [2.24, 2.45) is 0 Å². The molecule has 0 saturated carbocycles. The van der Waals surface area contributed by atoms with Crippen molar-refractivity contribution in [2.45, 2.75) is 0 Å². The Morgan fingerprint density at radius 2 is 2.13 bits per heavy atom. The number of nitro benzene ring substituents is 1. The molecule has 1 rings (SSSR count). The van der Waals surface area contributed by atoms with Gasteiger partial charge in [-0.1, -0.05) is 15.9 Å².